The minimum atomic E-state index is -3.59. The van der Waals surface area contributed by atoms with E-state index >= 15 is 0 Å². The second-order valence-corrected chi connectivity index (χ2v) is 6.66. The van der Waals surface area contributed by atoms with Gasteiger partial charge in [0.1, 0.15) is 0 Å². The van der Waals surface area contributed by atoms with E-state index < -0.39 is 16.1 Å². The van der Waals surface area contributed by atoms with Gasteiger partial charge in [0.05, 0.1) is 11.5 Å². The maximum atomic E-state index is 12.4. The number of rotatable bonds is 5. The van der Waals surface area contributed by atoms with Crippen molar-refractivity contribution in [1.82, 2.24) is 4.72 Å². The molecule has 0 aliphatic heterocycles. The number of benzene rings is 1. The summed E-state index contributed by atoms with van der Waals surface area (Å²) >= 11 is 0. The first-order valence-electron chi connectivity index (χ1n) is 6.45. The molecule has 0 spiro atoms. The van der Waals surface area contributed by atoms with Gasteiger partial charge in [-0.3, -0.25) is 0 Å². The van der Waals surface area contributed by atoms with E-state index in [-0.39, 0.29) is 6.61 Å². The third kappa shape index (κ3) is 3.35. The standard InChI is InChI=1S/C14H23NO3S/c1-6-13(8-16)15-19(17,18)14-7-9(2)10(3)11(4)12(14)5/h7,13,15-16H,6,8H2,1-5H3/t13-/m1/s1. The van der Waals surface area contributed by atoms with Gasteiger partial charge in [-0.2, -0.15) is 0 Å². The van der Waals surface area contributed by atoms with Crippen LogP contribution in [0, 0.1) is 27.7 Å². The smallest absolute Gasteiger partial charge is 0.241 e. The zero-order chi connectivity index (χ0) is 14.8. The fourth-order valence-electron chi connectivity index (χ4n) is 1.99. The van der Waals surface area contributed by atoms with E-state index in [2.05, 4.69) is 4.72 Å². The molecule has 0 aromatic heterocycles. The van der Waals surface area contributed by atoms with Crippen molar-refractivity contribution < 1.29 is 13.5 Å². The monoisotopic (exact) mass is 285 g/mol. The summed E-state index contributed by atoms with van der Waals surface area (Å²) in [5.41, 5.74) is 3.84. The SMILES string of the molecule is CC[C@H](CO)NS(=O)(=O)c1cc(C)c(C)c(C)c1C. The minimum Gasteiger partial charge on any atom is -0.395 e. The first-order valence-corrected chi connectivity index (χ1v) is 7.93. The van der Waals surface area contributed by atoms with Crippen LogP contribution in [-0.4, -0.2) is 26.2 Å². The molecule has 0 amide bonds. The van der Waals surface area contributed by atoms with Gasteiger partial charge in [0.25, 0.3) is 0 Å². The molecule has 1 rings (SSSR count). The molecule has 0 heterocycles. The summed E-state index contributed by atoms with van der Waals surface area (Å²) in [5.74, 6) is 0. The fourth-order valence-corrected chi connectivity index (χ4v) is 3.68. The van der Waals surface area contributed by atoms with Gasteiger partial charge < -0.3 is 5.11 Å². The van der Waals surface area contributed by atoms with Crippen molar-refractivity contribution in [3.8, 4) is 0 Å². The molecule has 1 aromatic rings. The number of nitrogens with one attached hydrogen (secondary N) is 1. The van der Waals surface area contributed by atoms with Crippen molar-refractivity contribution in [2.45, 2.75) is 52.0 Å². The Hall–Kier alpha value is -0.910. The van der Waals surface area contributed by atoms with Crippen molar-refractivity contribution >= 4 is 10.0 Å². The third-order valence-electron chi connectivity index (χ3n) is 3.76. The van der Waals surface area contributed by atoms with Gasteiger partial charge in [-0.15, -0.1) is 0 Å². The Morgan fingerprint density at radius 1 is 1.16 bits per heavy atom. The van der Waals surface area contributed by atoms with Crippen molar-refractivity contribution in [3.63, 3.8) is 0 Å². The summed E-state index contributed by atoms with van der Waals surface area (Å²) in [6, 6.07) is 1.26. The Bertz CT molecular complexity index is 561. The second kappa shape index (κ2) is 6.03. The quantitative estimate of drug-likeness (QED) is 0.869. The molecule has 0 saturated heterocycles. The van der Waals surface area contributed by atoms with Crippen molar-refractivity contribution in [1.29, 1.82) is 0 Å². The molecule has 2 N–H and O–H groups in total. The minimum absolute atomic E-state index is 0.196. The van der Waals surface area contributed by atoms with Crippen LogP contribution in [0.1, 0.15) is 35.6 Å². The van der Waals surface area contributed by atoms with Gasteiger partial charge in [-0.25, -0.2) is 13.1 Å². The van der Waals surface area contributed by atoms with Crippen LogP contribution in [0.25, 0.3) is 0 Å². The summed E-state index contributed by atoms with van der Waals surface area (Å²) in [4.78, 5) is 0.306. The molecule has 5 heteroatoms. The van der Waals surface area contributed by atoms with Gasteiger partial charge in [0.2, 0.25) is 10.0 Å². The van der Waals surface area contributed by atoms with E-state index in [9.17, 15) is 8.42 Å². The molecule has 1 aromatic carbocycles. The molecule has 0 fully saturated rings. The molecule has 0 bridgehead atoms. The Labute approximate surface area is 115 Å². The molecule has 19 heavy (non-hydrogen) atoms. The van der Waals surface area contributed by atoms with Gasteiger partial charge in [-0.1, -0.05) is 6.92 Å². The van der Waals surface area contributed by atoms with Crippen LogP contribution in [0.15, 0.2) is 11.0 Å². The van der Waals surface area contributed by atoms with Crippen molar-refractivity contribution in [2.75, 3.05) is 6.61 Å². The second-order valence-electron chi connectivity index (χ2n) is 4.98. The van der Waals surface area contributed by atoms with Crippen LogP contribution < -0.4 is 4.72 Å². The molecule has 0 saturated carbocycles. The largest absolute Gasteiger partial charge is 0.395 e. The third-order valence-corrected chi connectivity index (χ3v) is 5.40. The van der Waals surface area contributed by atoms with E-state index in [4.69, 9.17) is 5.11 Å². The highest BCUT2D eigenvalue weighted by Gasteiger charge is 2.22. The van der Waals surface area contributed by atoms with Crippen LogP contribution >= 0.6 is 0 Å². The first-order chi connectivity index (χ1) is 8.74. The van der Waals surface area contributed by atoms with E-state index in [0.717, 1.165) is 22.3 Å². The van der Waals surface area contributed by atoms with Crippen LogP contribution in [0.4, 0.5) is 0 Å². The van der Waals surface area contributed by atoms with Crippen LogP contribution in [-0.2, 0) is 10.0 Å². The zero-order valence-electron chi connectivity index (χ0n) is 12.2. The summed E-state index contributed by atoms with van der Waals surface area (Å²) in [6.07, 6.45) is 0.554. The first kappa shape index (κ1) is 16.1. The lowest BCUT2D eigenvalue weighted by atomic mass is 10.00. The fraction of sp³-hybridized carbons (Fsp3) is 0.571. The number of hydrogen-bond donors (Lipinski definition) is 2. The average Bonchev–Trinajstić information content (AvgIpc) is 2.37. The predicted octanol–water partition coefficient (Wildman–Crippen LogP) is 1.97. The maximum absolute atomic E-state index is 12.4. The normalized spacial score (nSPS) is 13.6. The summed E-state index contributed by atoms with van der Waals surface area (Å²) < 4.78 is 27.3. The number of sulfonamides is 1. The molecule has 108 valence electrons. The van der Waals surface area contributed by atoms with E-state index in [0.29, 0.717) is 11.3 Å². The topological polar surface area (TPSA) is 66.4 Å². The highest BCUT2D eigenvalue weighted by atomic mass is 32.2. The molecule has 0 aliphatic carbocycles. The van der Waals surface area contributed by atoms with Crippen molar-refractivity contribution in [2.24, 2.45) is 0 Å². The molecule has 4 nitrogen and oxygen atoms in total. The molecular weight excluding hydrogens is 262 g/mol. The Morgan fingerprint density at radius 3 is 2.21 bits per heavy atom. The Kier molecular flexibility index (Phi) is 5.12. The predicted molar refractivity (Wildman–Crippen MR) is 76.9 cm³/mol. The number of aryl methyl sites for hydroxylation is 1. The average molecular weight is 285 g/mol. The Balaban J connectivity index is 3.30. The van der Waals surface area contributed by atoms with E-state index in [1.165, 1.54) is 0 Å². The summed E-state index contributed by atoms with van der Waals surface area (Å²) in [7, 11) is -3.59. The molecule has 0 radical (unpaired) electrons. The van der Waals surface area contributed by atoms with E-state index in [1.807, 2.05) is 34.6 Å². The van der Waals surface area contributed by atoms with Gasteiger partial charge >= 0.3 is 0 Å². The number of aliphatic hydroxyl groups is 1. The van der Waals surface area contributed by atoms with E-state index in [1.54, 1.807) is 6.07 Å². The van der Waals surface area contributed by atoms with Gasteiger partial charge in [0, 0.05) is 6.04 Å². The zero-order valence-corrected chi connectivity index (χ0v) is 13.1. The number of aliphatic hydroxyl groups excluding tert-OH is 1. The lowest BCUT2D eigenvalue weighted by Gasteiger charge is -2.18. The van der Waals surface area contributed by atoms with Crippen LogP contribution in [0.3, 0.4) is 0 Å². The van der Waals surface area contributed by atoms with Gasteiger partial charge in [-0.05, 0) is 62.4 Å². The lowest BCUT2D eigenvalue weighted by Crippen LogP contribution is -2.37. The maximum Gasteiger partial charge on any atom is 0.241 e. The highest BCUT2D eigenvalue weighted by molar-refractivity contribution is 7.89. The molecule has 0 aliphatic rings. The van der Waals surface area contributed by atoms with Gasteiger partial charge in [0.15, 0.2) is 0 Å². The molecule has 0 unspecified atom stereocenters. The molecular formula is C14H23NO3S. The van der Waals surface area contributed by atoms with Crippen molar-refractivity contribution in [3.05, 3.63) is 28.3 Å². The number of hydrogen-bond acceptors (Lipinski definition) is 3. The summed E-state index contributed by atoms with van der Waals surface area (Å²) in [6.45, 7) is 9.28. The highest BCUT2D eigenvalue weighted by Crippen LogP contribution is 2.24. The van der Waals surface area contributed by atoms with Crippen LogP contribution in [0.5, 0.6) is 0 Å². The summed E-state index contributed by atoms with van der Waals surface area (Å²) in [5, 5.41) is 9.13. The molecule has 1 atom stereocenters. The van der Waals surface area contributed by atoms with Crippen LogP contribution in [0.2, 0.25) is 0 Å². The Morgan fingerprint density at radius 2 is 1.74 bits per heavy atom. The lowest BCUT2D eigenvalue weighted by molar-refractivity contribution is 0.254.